The summed E-state index contributed by atoms with van der Waals surface area (Å²) in [5.41, 5.74) is 0.990. The summed E-state index contributed by atoms with van der Waals surface area (Å²) in [4.78, 5) is 21.5. The smallest absolute Gasteiger partial charge is 0.411 e. The Morgan fingerprint density at radius 1 is 1.33 bits per heavy atom. The molecule has 4 heteroatoms. The van der Waals surface area contributed by atoms with Crippen molar-refractivity contribution < 1.29 is 14.3 Å². The van der Waals surface area contributed by atoms with Crippen LogP contribution in [0.2, 0.25) is 0 Å². The van der Waals surface area contributed by atoms with Gasteiger partial charge in [0, 0.05) is 0 Å². The second kappa shape index (κ2) is 5.59. The summed E-state index contributed by atoms with van der Waals surface area (Å²) in [5, 5.41) is 2.30. The van der Waals surface area contributed by atoms with Gasteiger partial charge in [-0.15, -0.1) is 0 Å². The van der Waals surface area contributed by atoms with E-state index in [0.717, 1.165) is 5.56 Å². The summed E-state index contributed by atoms with van der Waals surface area (Å²) in [6.45, 7) is 0. The molecule has 0 aromatic heterocycles. The Hall–Kier alpha value is -2.10. The number of hydrogen-bond acceptors (Lipinski definition) is 3. The average molecular weight is 205 g/mol. The van der Waals surface area contributed by atoms with E-state index in [1.165, 1.54) is 7.11 Å². The molecule has 1 N–H and O–H groups in total. The molecule has 0 heterocycles. The van der Waals surface area contributed by atoms with Crippen LogP contribution in [0.25, 0.3) is 6.08 Å². The first kappa shape index (κ1) is 11.0. The van der Waals surface area contributed by atoms with Gasteiger partial charge in [0.05, 0.1) is 12.8 Å². The fourth-order valence-corrected chi connectivity index (χ4v) is 0.997. The van der Waals surface area contributed by atoms with E-state index in [0.29, 0.717) is 6.29 Å². The first-order valence-electron chi connectivity index (χ1n) is 4.33. The van der Waals surface area contributed by atoms with Crippen LogP contribution in [0.5, 0.6) is 0 Å². The van der Waals surface area contributed by atoms with E-state index in [1.54, 1.807) is 6.08 Å². The van der Waals surface area contributed by atoms with Crippen LogP contribution in [0.4, 0.5) is 4.79 Å². The second-order valence-electron chi connectivity index (χ2n) is 2.74. The quantitative estimate of drug-likeness (QED) is 0.602. The first-order chi connectivity index (χ1) is 7.26. The summed E-state index contributed by atoms with van der Waals surface area (Å²) in [7, 11) is 1.24. The normalized spacial score (nSPS) is 10.6. The van der Waals surface area contributed by atoms with Gasteiger partial charge in [0.25, 0.3) is 0 Å². The highest BCUT2D eigenvalue weighted by atomic mass is 16.5. The molecule has 0 spiro atoms. The second-order valence-corrected chi connectivity index (χ2v) is 2.74. The van der Waals surface area contributed by atoms with Crippen LogP contribution in [-0.2, 0) is 9.53 Å². The maximum absolute atomic E-state index is 10.8. The van der Waals surface area contributed by atoms with Gasteiger partial charge in [0.2, 0.25) is 0 Å². The van der Waals surface area contributed by atoms with Crippen molar-refractivity contribution >= 4 is 18.5 Å². The molecule has 1 aromatic carbocycles. The van der Waals surface area contributed by atoms with Crippen molar-refractivity contribution in [2.75, 3.05) is 7.11 Å². The van der Waals surface area contributed by atoms with Crippen LogP contribution in [0.3, 0.4) is 0 Å². The number of alkyl carbamates (subject to hydrolysis) is 1. The fourth-order valence-electron chi connectivity index (χ4n) is 0.997. The Morgan fingerprint density at radius 3 is 2.53 bits per heavy atom. The number of allylic oxidation sites excluding steroid dienone is 1. The van der Waals surface area contributed by atoms with E-state index in [4.69, 9.17) is 0 Å². The molecule has 0 radical (unpaired) electrons. The zero-order valence-electron chi connectivity index (χ0n) is 8.27. The Morgan fingerprint density at radius 2 is 2.00 bits per heavy atom. The van der Waals surface area contributed by atoms with Gasteiger partial charge in [-0.3, -0.25) is 10.1 Å². The number of rotatable bonds is 3. The molecule has 15 heavy (non-hydrogen) atoms. The van der Waals surface area contributed by atoms with Gasteiger partial charge in [-0.05, 0) is 11.6 Å². The van der Waals surface area contributed by atoms with Crippen molar-refractivity contribution in [2.45, 2.75) is 0 Å². The molecule has 0 aliphatic carbocycles. The van der Waals surface area contributed by atoms with Crippen molar-refractivity contribution in [3.8, 4) is 0 Å². The number of carbonyl (C=O) groups is 2. The minimum atomic E-state index is -0.663. The minimum Gasteiger partial charge on any atom is -0.453 e. The van der Waals surface area contributed by atoms with Gasteiger partial charge in [-0.2, -0.15) is 0 Å². The summed E-state index contributed by atoms with van der Waals surface area (Å²) < 4.78 is 4.37. The minimum absolute atomic E-state index is 0.160. The molecule has 0 saturated carbocycles. The van der Waals surface area contributed by atoms with Crippen LogP contribution in [0.15, 0.2) is 36.0 Å². The van der Waals surface area contributed by atoms with Crippen LogP contribution in [-0.4, -0.2) is 19.5 Å². The predicted octanol–water partition coefficient (Wildman–Crippen LogP) is 1.58. The molecule has 1 aromatic rings. The van der Waals surface area contributed by atoms with E-state index in [1.807, 2.05) is 30.3 Å². The van der Waals surface area contributed by atoms with Gasteiger partial charge in [-0.1, -0.05) is 30.3 Å². The molecule has 0 aliphatic heterocycles. The SMILES string of the molecule is COC(=O)NC(C=O)=Cc1ccccc1. The van der Waals surface area contributed by atoms with Crippen molar-refractivity contribution in [1.29, 1.82) is 0 Å². The summed E-state index contributed by atoms with van der Waals surface area (Å²) in [6, 6.07) is 9.19. The standard InChI is InChI=1S/C11H11NO3/c1-15-11(14)12-10(8-13)7-9-5-3-2-4-6-9/h2-8H,1H3,(H,12,14). The van der Waals surface area contributed by atoms with Gasteiger partial charge in [0.15, 0.2) is 6.29 Å². The molecule has 0 bridgehead atoms. The van der Waals surface area contributed by atoms with Gasteiger partial charge >= 0.3 is 6.09 Å². The molecular formula is C11H11NO3. The van der Waals surface area contributed by atoms with E-state index in [-0.39, 0.29) is 5.70 Å². The van der Waals surface area contributed by atoms with Gasteiger partial charge in [0.1, 0.15) is 0 Å². The number of benzene rings is 1. The van der Waals surface area contributed by atoms with E-state index < -0.39 is 6.09 Å². The van der Waals surface area contributed by atoms with Crippen LogP contribution < -0.4 is 5.32 Å². The molecular weight excluding hydrogens is 194 g/mol. The van der Waals surface area contributed by atoms with Crippen LogP contribution >= 0.6 is 0 Å². The lowest BCUT2D eigenvalue weighted by atomic mass is 10.2. The molecule has 1 rings (SSSR count). The topological polar surface area (TPSA) is 55.4 Å². The third-order valence-electron chi connectivity index (χ3n) is 1.68. The maximum atomic E-state index is 10.8. The fraction of sp³-hybridized carbons (Fsp3) is 0.0909. The van der Waals surface area contributed by atoms with Gasteiger partial charge in [-0.25, -0.2) is 4.79 Å². The maximum Gasteiger partial charge on any atom is 0.411 e. The van der Waals surface area contributed by atoms with Crippen molar-refractivity contribution in [3.63, 3.8) is 0 Å². The molecule has 78 valence electrons. The highest BCUT2D eigenvalue weighted by molar-refractivity contribution is 5.87. The first-order valence-corrected chi connectivity index (χ1v) is 4.33. The molecule has 0 unspecified atom stereocenters. The zero-order valence-corrected chi connectivity index (χ0v) is 8.27. The number of amides is 1. The van der Waals surface area contributed by atoms with E-state index in [9.17, 15) is 9.59 Å². The number of methoxy groups -OCH3 is 1. The Balaban J connectivity index is 2.79. The lowest BCUT2D eigenvalue weighted by Gasteiger charge is -2.01. The number of aldehydes is 1. The molecule has 0 fully saturated rings. The highest BCUT2D eigenvalue weighted by Gasteiger charge is 2.01. The third kappa shape index (κ3) is 3.64. The summed E-state index contributed by atoms with van der Waals surface area (Å²) >= 11 is 0. The summed E-state index contributed by atoms with van der Waals surface area (Å²) in [5.74, 6) is 0. The van der Waals surface area contributed by atoms with Crippen molar-refractivity contribution in [1.82, 2.24) is 5.32 Å². The predicted molar refractivity (Wildman–Crippen MR) is 56.0 cm³/mol. The lowest BCUT2D eigenvalue weighted by Crippen LogP contribution is -2.22. The monoisotopic (exact) mass is 205 g/mol. The number of hydrogen-bond donors (Lipinski definition) is 1. The van der Waals surface area contributed by atoms with Gasteiger partial charge < -0.3 is 4.74 Å². The molecule has 4 nitrogen and oxygen atoms in total. The molecule has 0 atom stereocenters. The summed E-state index contributed by atoms with van der Waals surface area (Å²) in [6.07, 6.45) is 1.46. The third-order valence-corrected chi connectivity index (χ3v) is 1.68. The number of ether oxygens (including phenoxy) is 1. The average Bonchev–Trinajstić information content (AvgIpc) is 2.29. The Kier molecular flexibility index (Phi) is 4.09. The molecule has 0 saturated heterocycles. The zero-order chi connectivity index (χ0) is 11.1. The number of carbonyl (C=O) groups excluding carboxylic acids is 2. The van der Waals surface area contributed by atoms with Crippen molar-refractivity contribution in [3.05, 3.63) is 41.6 Å². The Bertz CT molecular complexity index is 371. The van der Waals surface area contributed by atoms with Crippen molar-refractivity contribution in [2.24, 2.45) is 0 Å². The van der Waals surface area contributed by atoms with E-state index >= 15 is 0 Å². The lowest BCUT2D eigenvalue weighted by molar-refractivity contribution is -0.105. The van der Waals surface area contributed by atoms with Crippen LogP contribution in [0.1, 0.15) is 5.56 Å². The highest BCUT2D eigenvalue weighted by Crippen LogP contribution is 2.03. The number of nitrogens with one attached hydrogen (secondary N) is 1. The van der Waals surface area contributed by atoms with E-state index in [2.05, 4.69) is 10.1 Å². The largest absolute Gasteiger partial charge is 0.453 e. The Labute approximate surface area is 87.6 Å². The molecule has 1 amide bonds. The van der Waals surface area contributed by atoms with Crippen LogP contribution in [0, 0.1) is 0 Å². The molecule has 0 aliphatic rings.